The number of hydrogen-bond donors (Lipinski definition) is 2. The molecule has 2 aromatic carbocycles. The van der Waals surface area contributed by atoms with Crippen LogP contribution >= 0.6 is 0 Å². The summed E-state index contributed by atoms with van der Waals surface area (Å²) in [6, 6.07) is 12.4. The molecule has 4 aromatic rings. The second-order valence-corrected chi connectivity index (χ2v) is 8.13. The fourth-order valence-corrected chi connectivity index (χ4v) is 4.45. The first-order valence-corrected chi connectivity index (χ1v) is 10.1. The van der Waals surface area contributed by atoms with E-state index >= 15 is 0 Å². The Morgan fingerprint density at radius 3 is 2.58 bits per heavy atom. The van der Waals surface area contributed by atoms with E-state index in [2.05, 4.69) is 4.98 Å². The van der Waals surface area contributed by atoms with Crippen LogP contribution in [0.15, 0.2) is 48.7 Å². The van der Waals surface area contributed by atoms with Crippen LogP contribution in [0.5, 0.6) is 0 Å². The van der Waals surface area contributed by atoms with Crippen LogP contribution in [0.25, 0.3) is 21.9 Å². The Bertz CT molecular complexity index is 1350. The minimum absolute atomic E-state index is 0.126. The molecule has 0 bridgehead atoms. The van der Waals surface area contributed by atoms with Crippen LogP contribution < -0.4 is 5.73 Å². The van der Waals surface area contributed by atoms with Gasteiger partial charge in [0.05, 0.1) is 23.2 Å². The summed E-state index contributed by atoms with van der Waals surface area (Å²) < 4.78 is 3.95. The van der Waals surface area contributed by atoms with Gasteiger partial charge in [0.2, 0.25) is 5.91 Å². The number of aromatic nitrogens is 3. The molecule has 0 spiro atoms. The van der Waals surface area contributed by atoms with Crippen molar-refractivity contribution >= 4 is 33.8 Å². The summed E-state index contributed by atoms with van der Waals surface area (Å²) in [6.45, 7) is 2.57. The molecule has 8 heteroatoms. The lowest BCUT2D eigenvalue weighted by Crippen LogP contribution is -2.29. The largest absolute Gasteiger partial charge is 0.389 e. The molecule has 1 aliphatic rings. The number of aryl methyl sites for hydroxylation is 2. The lowest BCUT2D eigenvalue weighted by molar-refractivity contribution is 0.0764. The van der Waals surface area contributed by atoms with Gasteiger partial charge in [-0.3, -0.25) is 9.59 Å². The van der Waals surface area contributed by atoms with E-state index in [4.69, 9.17) is 5.73 Å². The second kappa shape index (κ2) is 6.95. The molecule has 0 radical (unpaired) electrons. The van der Waals surface area contributed by atoms with Crippen LogP contribution in [-0.2, 0) is 7.05 Å². The molecule has 31 heavy (non-hydrogen) atoms. The number of aliphatic hydroxyl groups is 1. The number of rotatable bonds is 3. The zero-order valence-electron chi connectivity index (χ0n) is 17.3. The van der Waals surface area contributed by atoms with Gasteiger partial charge in [0.1, 0.15) is 5.82 Å². The molecule has 2 aromatic heterocycles. The summed E-state index contributed by atoms with van der Waals surface area (Å²) in [6.07, 6.45) is 1.18. The van der Waals surface area contributed by atoms with Crippen molar-refractivity contribution in [1.29, 1.82) is 0 Å². The predicted octanol–water partition coefficient (Wildman–Crippen LogP) is 1.99. The number of fused-ring (bicyclic) bond motifs is 2. The molecular formula is C23H23N5O3. The van der Waals surface area contributed by atoms with Gasteiger partial charge >= 0.3 is 0 Å². The van der Waals surface area contributed by atoms with Crippen molar-refractivity contribution < 1.29 is 14.7 Å². The van der Waals surface area contributed by atoms with Crippen molar-refractivity contribution in [3.8, 4) is 0 Å². The smallest absolute Gasteiger partial charge is 0.254 e. The van der Waals surface area contributed by atoms with Gasteiger partial charge in [-0.1, -0.05) is 0 Å². The van der Waals surface area contributed by atoms with E-state index in [0.29, 0.717) is 17.7 Å². The average molecular weight is 417 g/mol. The number of aliphatic hydroxyl groups excluding tert-OH is 1. The lowest BCUT2D eigenvalue weighted by Gasteiger charge is -2.18. The van der Waals surface area contributed by atoms with E-state index in [0.717, 1.165) is 27.8 Å². The maximum absolute atomic E-state index is 13.1. The lowest BCUT2D eigenvalue weighted by atomic mass is 10.1. The predicted molar refractivity (Wildman–Crippen MR) is 117 cm³/mol. The molecule has 0 saturated carbocycles. The Balaban J connectivity index is 1.42. The highest BCUT2D eigenvalue weighted by Gasteiger charge is 2.36. The third-order valence-corrected chi connectivity index (χ3v) is 6.26. The topological polar surface area (TPSA) is 106 Å². The Morgan fingerprint density at radius 2 is 1.81 bits per heavy atom. The van der Waals surface area contributed by atoms with E-state index in [1.807, 2.05) is 53.6 Å². The van der Waals surface area contributed by atoms with Crippen LogP contribution in [0.2, 0.25) is 0 Å². The van der Waals surface area contributed by atoms with Crippen molar-refractivity contribution in [2.75, 3.05) is 13.1 Å². The summed E-state index contributed by atoms with van der Waals surface area (Å²) in [5, 5.41) is 11.6. The molecule has 3 heterocycles. The number of nitrogens with two attached hydrogens (primary N) is 1. The Labute approximate surface area is 178 Å². The van der Waals surface area contributed by atoms with Gasteiger partial charge < -0.3 is 24.9 Å². The molecule has 2 amide bonds. The molecule has 1 saturated heterocycles. The highest BCUT2D eigenvalue weighted by atomic mass is 16.3. The molecule has 3 N–H and O–H groups in total. The van der Waals surface area contributed by atoms with Crippen molar-refractivity contribution in [2.45, 2.75) is 19.1 Å². The maximum atomic E-state index is 13.1. The number of primary amides is 1. The first-order valence-electron chi connectivity index (χ1n) is 10.1. The van der Waals surface area contributed by atoms with Gasteiger partial charge in [0.25, 0.3) is 5.91 Å². The highest BCUT2D eigenvalue weighted by Crippen LogP contribution is 2.29. The third kappa shape index (κ3) is 3.07. The molecule has 5 rings (SSSR count). The molecular weight excluding hydrogens is 394 g/mol. The van der Waals surface area contributed by atoms with Crippen LogP contribution in [0.1, 0.15) is 32.6 Å². The quantitative estimate of drug-likeness (QED) is 0.532. The highest BCUT2D eigenvalue weighted by molar-refractivity contribution is 5.98. The summed E-state index contributed by atoms with van der Waals surface area (Å²) in [5.74, 6) is 0.280. The first-order chi connectivity index (χ1) is 14.8. The van der Waals surface area contributed by atoms with E-state index in [1.165, 1.54) is 0 Å². The van der Waals surface area contributed by atoms with Gasteiger partial charge in [-0.15, -0.1) is 0 Å². The van der Waals surface area contributed by atoms with E-state index in [-0.39, 0.29) is 18.5 Å². The van der Waals surface area contributed by atoms with Gasteiger partial charge in [-0.25, -0.2) is 4.98 Å². The minimum Gasteiger partial charge on any atom is -0.389 e. The molecule has 8 nitrogen and oxygen atoms in total. The Morgan fingerprint density at radius 1 is 1.06 bits per heavy atom. The molecule has 0 unspecified atom stereocenters. The normalized spacial score (nSPS) is 18.9. The van der Waals surface area contributed by atoms with Crippen LogP contribution in [0.4, 0.5) is 0 Å². The Kier molecular flexibility index (Phi) is 4.33. The molecule has 0 aliphatic carbocycles. The molecule has 2 atom stereocenters. The van der Waals surface area contributed by atoms with Gasteiger partial charge in [-0.2, -0.15) is 0 Å². The second-order valence-electron chi connectivity index (χ2n) is 8.13. The van der Waals surface area contributed by atoms with Gasteiger partial charge in [-0.05, 0) is 49.4 Å². The average Bonchev–Trinajstić information content (AvgIpc) is 3.42. The van der Waals surface area contributed by atoms with Gasteiger partial charge in [0.15, 0.2) is 0 Å². The van der Waals surface area contributed by atoms with Crippen LogP contribution in [0.3, 0.4) is 0 Å². The van der Waals surface area contributed by atoms with Crippen LogP contribution in [-0.4, -0.2) is 55.1 Å². The number of β-amino-alcohol motifs (C(OH)–C–C–N with tert-alkyl or cyclic N) is 1. The number of nitrogens with zero attached hydrogens (tertiary/aromatic N) is 4. The van der Waals surface area contributed by atoms with Crippen molar-refractivity contribution in [3.63, 3.8) is 0 Å². The first kappa shape index (κ1) is 19.3. The number of carbonyl (C=O) groups is 2. The van der Waals surface area contributed by atoms with E-state index in [9.17, 15) is 14.7 Å². The van der Waals surface area contributed by atoms with E-state index in [1.54, 1.807) is 23.1 Å². The number of hydrogen-bond acceptors (Lipinski definition) is 4. The number of amides is 2. The standard InChI is InChI=1S/C23H23N5O3/c1-13-25-17-10-16(4-6-19(17)26(13)2)23(31)27-11-20(21(29)12-27)28-8-7-14-9-15(22(24)30)3-5-18(14)28/h3-10,20-21,29H,11-12H2,1-2H3,(H2,24,30)/t20-,21-/m1/s1. The number of likely N-dealkylation sites (tertiary alicyclic amines) is 1. The zero-order chi connectivity index (χ0) is 21.9. The molecule has 158 valence electrons. The summed E-state index contributed by atoms with van der Waals surface area (Å²) in [5.41, 5.74) is 9.01. The van der Waals surface area contributed by atoms with Crippen molar-refractivity contribution in [2.24, 2.45) is 12.8 Å². The van der Waals surface area contributed by atoms with E-state index < -0.39 is 12.0 Å². The summed E-state index contributed by atoms with van der Waals surface area (Å²) in [4.78, 5) is 30.8. The van der Waals surface area contributed by atoms with Crippen molar-refractivity contribution in [3.05, 3.63) is 65.6 Å². The number of carbonyl (C=O) groups excluding carboxylic acids is 2. The number of benzene rings is 2. The summed E-state index contributed by atoms with van der Waals surface area (Å²) >= 11 is 0. The SMILES string of the molecule is Cc1nc2cc(C(=O)N3C[C@@H](O)[C@H](n4ccc5cc(C(N)=O)ccc54)C3)ccc2n1C. The molecule has 1 fully saturated rings. The maximum Gasteiger partial charge on any atom is 0.254 e. The Hall–Kier alpha value is -3.65. The fraction of sp³-hybridized carbons (Fsp3) is 0.261. The zero-order valence-corrected chi connectivity index (χ0v) is 17.3. The molecule has 1 aliphatic heterocycles. The summed E-state index contributed by atoms with van der Waals surface area (Å²) in [7, 11) is 1.95. The van der Waals surface area contributed by atoms with Crippen molar-refractivity contribution in [1.82, 2.24) is 19.0 Å². The number of imidazole rings is 1. The monoisotopic (exact) mass is 417 g/mol. The van der Waals surface area contributed by atoms with Crippen LogP contribution in [0, 0.1) is 6.92 Å². The fourth-order valence-electron chi connectivity index (χ4n) is 4.45. The van der Waals surface area contributed by atoms with Gasteiger partial charge in [0, 0.05) is 48.4 Å². The minimum atomic E-state index is -0.698. The third-order valence-electron chi connectivity index (χ3n) is 6.26.